The molecule has 0 radical (unpaired) electrons. The number of nitrogens with zero attached hydrogens (tertiary/aromatic N) is 3. The van der Waals surface area contributed by atoms with Gasteiger partial charge >= 0.3 is 6.09 Å². The molecule has 0 spiro atoms. The lowest BCUT2D eigenvalue weighted by atomic mass is 9.97. The van der Waals surface area contributed by atoms with Crippen molar-refractivity contribution in [3.8, 4) is 5.88 Å². The van der Waals surface area contributed by atoms with E-state index in [1.165, 1.54) is 23.3 Å². The van der Waals surface area contributed by atoms with Crippen molar-refractivity contribution >= 4 is 23.3 Å². The number of rotatable bonds is 7. The van der Waals surface area contributed by atoms with Crippen LogP contribution in [0.3, 0.4) is 0 Å². The summed E-state index contributed by atoms with van der Waals surface area (Å²) in [5.41, 5.74) is 0.121. The molecular formula is C21H21F2N3O7. The van der Waals surface area contributed by atoms with Crippen LogP contribution in [0.25, 0.3) is 5.57 Å². The van der Waals surface area contributed by atoms with Crippen LogP contribution >= 0.6 is 0 Å². The van der Waals surface area contributed by atoms with Crippen molar-refractivity contribution in [2.24, 2.45) is 0 Å². The van der Waals surface area contributed by atoms with Gasteiger partial charge in [0, 0.05) is 24.7 Å². The Bertz CT molecular complexity index is 1040. The van der Waals surface area contributed by atoms with Crippen molar-refractivity contribution in [3.05, 3.63) is 47.7 Å². The quantitative estimate of drug-likeness (QED) is 0.627. The van der Waals surface area contributed by atoms with Crippen LogP contribution in [0.4, 0.5) is 19.3 Å². The molecule has 10 nitrogen and oxygen atoms in total. The van der Waals surface area contributed by atoms with E-state index in [4.69, 9.17) is 14.6 Å². The fourth-order valence-electron chi connectivity index (χ4n) is 3.68. The average Bonchev–Trinajstić information content (AvgIpc) is 3.46. The zero-order chi connectivity index (χ0) is 23.5. The molecule has 1 fully saturated rings. The fourth-order valence-corrected chi connectivity index (χ4v) is 3.68. The number of carbonyl (C=O) groups excluding carboxylic acids is 2. The monoisotopic (exact) mass is 465 g/mol. The number of ether oxygens (including phenoxy) is 2. The number of hydrogen-bond donors (Lipinski definition) is 2. The average molecular weight is 465 g/mol. The summed E-state index contributed by atoms with van der Waals surface area (Å²) in [6.45, 7) is -0.513. The lowest BCUT2D eigenvalue weighted by Gasteiger charge is -2.28. The second kappa shape index (κ2) is 9.55. The third-order valence-corrected chi connectivity index (χ3v) is 5.34. The molecule has 176 valence electrons. The molecular weight excluding hydrogens is 444 g/mol. The first-order valence-electron chi connectivity index (χ1n) is 10.1. The Kier molecular flexibility index (Phi) is 6.56. The molecule has 3 heterocycles. The summed E-state index contributed by atoms with van der Waals surface area (Å²) in [6.07, 6.45) is 0.0179. The van der Waals surface area contributed by atoms with Crippen LogP contribution in [-0.4, -0.2) is 77.3 Å². The normalized spacial score (nSPS) is 19.3. The molecule has 33 heavy (non-hydrogen) atoms. The maximum Gasteiger partial charge on any atom is 0.414 e. The van der Waals surface area contributed by atoms with E-state index < -0.39 is 42.4 Å². The van der Waals surface area contributed by atoms with Gasteiger partial charge in [-0.05, 0) is 29.3 Å². The molecule has 0 saturated carbocycles. The van der Waals surface area contributed by atoms with Gasteiger partial charge in [0.1, 0.15) is 24.5 Å². The summed E-state index contributed by atoms with van der Waals surface area (Å²) in [7, 11) is 0. The predicted molar refractivity (Wildman–Crippen MR) is 108 cm³/mol. The number of aromatic nitrogens is 1. The van der Waals surface area contributed by atoms with E-state index in [0.717, 1.165) is 17.0 Å². The Hall–Kier alpha value is -3.51. The minimum Gasteiger partial charge on any atom is -0.471 e. The Morgan fingerprint density at radius 2 is 2.09 bits per heavy atom. The number of benzene rings is 1. The molecule has 12 heteroatoms. The van der Waals surface area contributed by atoms with E-state index >= 15 is 0 Å². The summed E-state index contributed by atoms with van der Waals surface area (Å²) in [5, 5.41) is 21.9. The second-order valence-corrected chi connectivity index (χ2v) is 7.51. The Morgan fingerprint density at radius 3 is 2.70 bits per heavy atom. The highest BCUT2D eigenvalue weighted by molar-refractivity contribution is 5.90. The highest BCUT2D eigenvalue weighted by Crippen LogP contribution is 2.32. The topological polar surface area (TPSA) is 126 Å². The van der Waals surface area contributed by atoms with Gasteiger partial charge in [-0.1, -0.05) is 6.08 Å². The smallest absolute Gasteiger partial charge is 0.414 e. The SMILES string of the molecule is O=C(C(O)CO)N1CC=C(c2c(F)cc(N3C[C@@H](COc4ccon4)OC3=O)cc2F)CC1. The lowest BCUT2D eigenvalue weighted by molar-refractivity contribution is -0.141. The molecule has 2 aromatic rings. The lowest BCUT2D eigenvalue weighted by Crippen LogP contribution is -2.42. The van der Waals surface area contributed by atoms with Gasteiger partial charge in [-0.25, -0.2) is 13.6 Å². The molecule has 0 bridgehead atoms. The van der Waals surface area contributed by atoms with Crippen LogP contribution in [0, 0.1) is 11.6 Å². The Balaban J connectivity index is 1.45. The van der Waals surface area contributed by atoms with Crippen molar-refractivity contribution in [1.82, 2.24) is 10.1 Å². The highest BCUT2D eigenvalue weighted by atomic mass is 19.1. The number of amides is 2. The zero-order valence-electron chi connectivity index (χ0n) is 17.3. The second-order valence-electron chi connectivity index (χ2n) is 7.51. The number of carbonyl (C=O) groups is 2. The van der Waals surface area contributed by atoms with Crippen molar-refractivity contribution in [2.75, 3.05) is 37.7 Å². The molecule has 0 aliphatic carbocycles. The van der Waals surface area contributed by atoms with Crippen molar-refractivity contribution in [1.29, 1.82) is 0 Å². The van der Waals surface area contributed by atoms with Crippen molar-refractivity contribution < 1.29 is 42.6 Å². The van der Waals surface area contributed by atoms with E-state index in [2.05, 4.69) is 9.68 Å². The molecule has 1 saturated heterocycles. The summed E-state index contributed by atoms with van der Waals surface area (Å²) >= 11 is 0. The van der Waals surface area contributed by atoms with Gasteiger partial charge in [0.05, 0.1) is 18.8 Å². The van der Waals surface area contributed by atoms with Crippen LogP contribution in [0.15, 0.2) is 35.1 Å². The van der Waals surface area contributed by atoms with Crippen molar-refractivity contribution in [2.45, 2.75) is 18.6 Å². The van der Waals surface area contributed by atoms with Gasteiger partial charge < -0.3 is 29.1 Å². The first kappa shape index (κ1) is 22.7. The number of aliphatic hydroxyl groups is 2. The summed E-state index contributed by atoms with van der Waals surface area (Å²) in [4.78, 5) is 26.6. The first-order valence-corrected chi connectivity index (χ1v) is 10.1. The van der Waals surface area contributed by atoms with Crippen LogP contribution in [-0.2, 0) is 9.53 Å². The number of cyclic esters (lactones) is 1. The van der Waals surface area contributed by atoms with Gasteiger partial charge in [-0.15, -0.1) is 0 Å². The Labute approximate surface area is 186 Å². The van der Waals surface area contributed by atoms with Crippen LogP contribution < -0.4 is 9.64 Å². The number of halogens is 2. The summed E-state index contributed by atoms with van der Waals surface area (Å²) in [5.74, 6) is -2.15. The van der Waals surface area contributed by atoms with E-state index in [1.54, 1.807) is 0 Å². The molecule has 2 amide bonds. The van der Waals surface area contributed by atoms with Crippen LogP contribution in [0.5, 0.6) is 5.88 Å². The molecule has 1 unspecified atom stereocenters. The van der Waals surface area contributed by atoms with Crippen LogP contribution in [0.1, 0.15) is 12.0 Å². The molecule has 1 aromatic heterocycles. The molecule has 2 aliphatic heterocycles. The third-order valence-electron chi connectivity index (χ3n) is 5.34. The first-order chi connectivity index (χ1) is 15.9. The third kappa shape index (κ3) is 4.81. The maximum atomic E-state index is 14.9. The molecule has 4 rings (SSSR count). The minimum atomic E-state index is -1.53. The predicted octanol–water partition coefficient (Wildman–Crippen LogP) is 1.33. The van der Waals surface area contributed by atoms with E-state index in [1.807, 2.05) is 0 Å². The van der Waals surface area contributed by atoms with Gasteiger partial charge in [0.25, 0.3) is 11.8 Å². The molecule has 2 aliphatic rings. The van der Waals surface area contributed by atoms with E-state index in [9.17, 15) is 23.5 Å². The van der Waals surface area contributed by atoms with Gasteiger partial charge in [0.2, 0.25) is 0 Å². The Morgan fingerprint density at radius 1 is 1.33 bits per heavy atom. The molecule has 1 aromatic carbocycles. The fraction of sp³-hybridized carbons (Fsp3) is 0.381. The highest BCUT2D eigenvalue weighted by Gasteiger charge is 2.34. The maximum absolute atomic E-state index is 14.9. The number of aliphatic hydroxyl groups excluding tert-OH is 2. The summed E-state index contributed by atoms with van der Waals surface area (Å²) in [6, 6.07) is 3.59. The number of anilines is 1. The zero-order valence-corrected chi connectivity index (χ0v) is 17.3. The molecule has 2 atom stereocenters. The standard InChI is InChI=1S/C21H21F2N3O7/c22-15-7-13(26-9-14(33-21(26)30)11-31-18-3-6-32-24-18)8-16(23)19(15)12-1-4-25(5-2-12)20(29)17(28)10-27/h1,3,6-8,14,17,27-28H,2,4-5,9-11H2/t14-,17?/m0/s1. The largest absolute Gasteiger partial charge is 0.471 e. The van der Waals surface area contributed by atoms with Crippen molar-refractivity contribution in [3.63, 3.8) is 0 Å². The van der Waals surface area contributed by atoms with E-state index in [0.29, 0.717) is 5.57 Å². The molecule has 2 N–H and O–H groups in total. The minimum absolute atomic E-state index is 0.00182. The van der Waals surface area contributed by atoms with Crippen LogP contribution in [0.2, 0.25) is 0 Å². The van der Waals surface area contributed by atoms with Gasteiger partial charge in [-0.2, -0.15) is 0 Å². The number of hydrogen-bond acceptors (Lipinski definition) is 8. The van der Waals surface area contributed by atoms with Gasteiger partial charge in [0.15, 0.2) is 12.2 Å². The van der Waals surface area contributed by atoms with Gasteiger partial charge in [-0.3, -0.25) is 9.69 Å². The van der Waals surface area contributed by atoms with E-state index in [-0.39, 0.29) is 49.8 Å². The summed E-state index contributed by atoms with van der Waals surface area (Å²) < 4.78 is 44.9.